The molecule has 94 valence electrons. The summed E-state index contributed by atoms with van der Waals surface area (Å²) in [6, 6.07) is -0.196. The van der Waals surface area contributed by atoms with Crippen LogP contribution in [0.15, 0.2) is 0 Å². The molecule has 0 saturated carbocycles. The Balaban J connectivity index is 2.13. The highest BCUT2D eigenvalue weighted by Gasteiger charge is 2.32. The van der Waals surface area contributed by atoms with Crippen LogP contribution in [0.1, 0.15) is 11.3 Å². The van der Waals surface area contributed by atoms with Crippen molar-refractivity contribution in [3.63, 3.8) is 0 Å². The lowest BCUT2D eigenvalue weighted by molar-refractivity contribution is -0.122. The number of aryl methyl sites for hydroxylation is 2. The normalized spacial score (nSPS) is 24.2. The molecule has 0 bridgehead atoms. The monoisotopic (exact) mass is 257 g/mol. The summed E-state index contributed by atoms with van der Waals surface area (Å²) in [7, 11) is 1.76. The maximum absolute atomic E-state index is 12.1. The van der Waals surface area contributed by atoms with Crippen molar-refractivity contribution in [2.45, 2.75) is 19.4 Å². The Kier molecular flexibility index (Phi) is 3.51. The molecule has 2 unspecified atom stereocenters. The van der Waals surface area contributed by atoms with Crippen LogP contribution in [0, 0.1) is 12.8 Å². The summed E-state index contributed by atoms with van der Waals surface area (Å²) >= 11 is 6.09. The van der Waals surface area contributed by atoms with Gasteiger partial charge in [-0.3, -0.25) is 9.48 Å². The van der Waals surface area contributed by atoms with Crippen molar-refractivity contribution in [2.24, 2.45) is 18.7 Å². The van der Waals surface area contributed by atoms with Gasteiger partial charge in [0.05, 0.1) is 24.8 Å². The molecule has 5 nitrogen and oxygen atoms in total. The predicted octanol–water partition coefficient (Wildman–Crippen LogP) is 0.467. The van der Waals surface area contributed by atoms with Gasteiger partial charge in [0.25, 0.3) is 0 Å². The van der Waals surface area contributed by atoms with Gasteiger partial charge in [0, 0.05) is 25.1 Å². The van der Waals surface area contributed by atoms with Gasteiger partial charge in [-0.15, -0.1) is 0 Å². The lowest BCUT2D eigenvalue weighted by atomic mass is 9.94. The van der Waals surface area contributed by atoms with Crippen molar-refractivity contribution in [1.29, 1.82) is 0 Å². The molecule has 2 N–H and O–H groups in total. The molecule has 1 aromatic rings. The van der Waals surface area contributed by atoms with E-state index >= 15 is 0 Å². The van der Waals surface area contributed by atoms with Crippen molar-refractivity contribution >= 4 is 17.4 Å². The maximum Gasteiger partial charge on any atom is 0.144 e. The second-order valence-electron chi connectivity index (χ2n) is 4.43. The van der Waals surface area contributed by atoms with E-state index < -0.39 is 0 Å². The smallest absolute Gasteiger partial charge is 0.144 e. The van der Waals surface area contributed by atoms with Crippen LogP contribution in [0.5, 0.6) is 0 Å². The van der Waals surface area contributed by atoms with E-state index in [2.05, 4.69) is 5.10 Å². The standard InChI is InChI=1S/C11H16ClN3O2/c1-6-7(11(12)15(2)14-6)3-10(16)8-4-17-5-9(8)13/h8-9H,3-5,13H2,1-2H3. The SMILES string of the molecule is Cc1nn(C)c(Cl)c1CC(=O)C1COCC1N. The fourth-order valence-corrected chi connectivity index (χ4v) is 2.32. The number of nitrogens with zero attached hydrogens (tertiary/aromatic N) is 2. The lowest BCUT2D eigenvalue weighted by Crippen LogP contribution is -2.34. The average Bonchev–Trinajstić information content (AvgIpc) is 2.78. The lowest BCUT2D eigenvalue weighted by Gasteiger charge is -2.11. The number of rotatable bonds is 3. The first kappa shape index (κ1) is 12.5. The van der Waals surface area contributed by atoms with Gasteiger partial charge in [-0.2, -0.15) is 5.10 Å². The molecule has 0 spiro atoms. The minimum absolute atomic E-state index is 0.0769. The Morgan fingerprint density at radius 1 is 1.65 bits per heavy atom. The van der Waals surface area contributed by atoms with E-state index in [1.807, 2.05) is 6.92 Å². The highest BCUT2D eigenvalue weighted by atomic mass is 35.5. The Bertz CT molecular complexity index is 444. The molecule has 6 heteroatoms. The zero-order chi connectivity index (χ0) is 12.6. The Morgan fingerprint density at radius 3 is 2.82 bits per heavy atom. The molecule has 1 aromatic heterocycles. The summed E-state index contributed by atoms with van der Waals surface area (Å²) in [5, 5.41) is 4.70. The van der Waals surface area contributed by atoms with Gasteiger partial charge in [-0.1, -0.05) is 11.6 Å². The van der Waals surface area contributed by atoms with Crippen molar-refractivity contribution in [3.05, 3.63) is 16.4 Å². The van der Waals surface area contributed by atoms with Gasteiger partial charge in [-0.05, 0) is 6.92 Å². The third kappa shape index (κ3) is 2.36. The molecular weight excluding hydrogens is 242 g/mol. The quantitative estimate of drug-likeness (QED) is 0.855. The highest BCUT2D eigenvalue weighted by Crippen LogP contribution is 2.22. The number of aromatic nitrogens is 2. The summed E-state index contributed by atoms with van der Waals surface area (Å²) in [6.07, 6.45) is 0.278. The highest BCUT2D eigenvalue weighted by molar-refractivity contribution is 6.30. The molecule has 1 aliphatic rings. The first-order valence-electron chi connectivity index (χ1n) is 5.54. The van der Waals surface area contributed by atoms with Crippen molar-refractivity contribution in [3.8, 4) is 0 Å². The van der Waals surface area contributed by atoms with Crippen LogP contribution in [0.25, 0.3) is 0 Å². The first-order valence-corrected chi connectivity index (χ1v) is 5.92. The minimum atomic E-state index is -0.217. The first-order chi connectivity index (χ1) is 8.00. The van der Waals surface area contributed by atoms with Crippen LogP contribution in [0.3, 0.4) is 0 Å². The number of hydrogen-bond donors (Lipinski definition) is 1. The number of hydrogen-bond acceptors (Lipinski definition) is 4. The van der Waals surface area contributed by atoms with Gasteiger partial charge in [0.1, 0.15) is 10.9 Å². The molecule has 1 aliphatic heterocycles. The summed E-state index contributed by atoms with van der Waals surface area (Å²) in [4.78, 5) is 12.1. The number of carbonyl (C=O) groups excluding carboxylic acids is 1. The average molecular weight is 258 g/mol. The van der Waals surface area contributed by atoms with Crippen LogP contribution in [0.4, 0.5) is 0 Å². The number of ketones is 1. The van der Waals surface area contributed by atoms with Gasteiger partial charge in [-0.25, -0.2) is 0 Å². The van der Waals surface area contributed by atoms with Gasteiger partial charge < -0.3 is 10.5 Å². The van der Waals surface area contributed by atoms with Crippen LogP contribution < -0.4 is 5.73 Å². The third-order valence-electron chi connectivity index (χ3n) is 3.16. The van der Waals surface area contributed by atoms with E-state index in [1.54, 1.807) is 11.7 Å². The van der Waals surface area contributed by atoms with Gasteiger partial charge in [0.15, 0.2) is 0 Å². The summed E-state index contributed by atoms with van der Waals surface area (Å²) in [5.74, 6) is -0.140. The molecule has 0 amide bonds. The number of ether oxygens (including phenoxy) is 1. The van der Waals surface area contributed by atoms with E-state index in [9.17, 15) is 4.79 Å². The molecule has 1 fully saturated rings. The number of halogens is 1. The van der Waals surface area contributed by atoms with E-state index in [4.69, 9.17) is 22.1 Å². The number of carbonyl (C=O) groups is 1. The van der Waals surface area contributed by atoms with Crippen LogP contribution >= 0.6 is 11.6 Å². The molecule has 17 heavy (non-hydrogen) atoms. The largest absolute Gasteiger partial charge is 0.379 e. The second-order valence-corrected chi connectivity index (χ2v) is 4.79. The zero-order valence-corrected chi connectivity index (χ0v) is 10.7. The Labute approximate surface area is 105 Å². The van der Waals surface area contributed by atoms with Gasteiger partial charge >= 0.3 is 0 Å². The van der Waals surface area contributed by atoms with Crippen molar-refractivity contribution in [1.82, 2.24) is 9.78 Å². The molecule has 2 atom stereocenters. The molecule has 0 aliphatic carbocycles. The maximum atomic E-state index is 12.1. The van der Waals surface area contributed by atoms with E-state index in [0.29, 0.717) is 18.4 Å². The predicted molar refractivity (Wildman–Crippen MR) is 64.0 cm³/mol. The molecular formula is C11H16ClN3O2. The van der Waals surface area contributed by atoms with E-state index in [0.717, 1.165) is 11.3 Å². The number of Topliss-reactive ketones (excluding diaryl/α,β-unsaturated/α-hetero) is 1. The number of nitrogens with two attached hydrogens (primary N) is 1. The fraction of sp³-hybridized carbons (Fsp3) is 0.636. The minimum Gasteiger partial charge on any atom is -0.379 e. The fourth-order valence-electron chi connectivity index (χ4n) is 2.08. The van der Waals surface area contributed by atoms with Crippen LogP contribution in [0.2, 0.25) is 5.15 Å². The summed E-state index contributed by atoms with van der Waals surface area (Å²) in [5.41, 5.74) is 7.40. The van der Waals surface area contributed by atoms with Crippen molar-refractivity contribution in [2.75, 3.05) is 13.2 Å². The van der Waals surface area contributed by atoms with Gasteiger partial charge in [0.2, 0.25) is 0 Å². The topological polar surface area (TPSA) is 70.1 Å². The van der Waals surface area contributed by atoms with Crippen LogP contribution in [-0.2, 0) is 23.0 Å². The van der Waals surface area contributed by atoms with Crippen molar-refractivity contribution < 1.29 is 9.53 Å². The molecule has 2 heterocycles. The van der Waals surface area contributed by atoms with Crippen LogP contribution in [-0.4, -0.2) is 34.8 Å². The Hall–Kier alpha value is -0.910. The summed E-state index contributed by atoms with van der Waals surface area (Å²) < 4.78 is 6.77. The zero-order valence-electron chi connectivity index (χ0n) is 9.94. The molecule has 0 aromatic carbocycles. The van der Waals surface area contributed by atoms with E-state index in [-0.39, 0.29) is 24.2 Å². The second kappa shape index (κ2) is 4.76. The third-order valence-corrected chi connectivity index (χ3v) is 3.63. The molecule has 2 rings (SSSR count). The summed E-state index contributed by atoms with van der Waals surface area (Å²) in [6.45, 7) is 2.71. The molecule has 1 saturated heterocycles. The van der Waals surface area contributed by atoms with E-state index in [1.165, 1.54) is 0 Å². The Morgan fingerprint density at radius 2 is 2.35 bits per heavy atom. The molecule has 0 radical (unpaired) electrons.